The van der Waals surface area contributed by atoms with E-state index in [1.54, 1.807) is 12.3 Å². The summed E-state index contributed by atoms with van der Waals surface area (Å²) in [5.41, 5.74) is 1.17. The number of aromatic amines is 1. The second-order valence-electron chi connectivity index (χ2n) is 5.09. The van der Waals surface area contributed by atoms with E-state index in [-0.39, 0.29) is 17.1 Å². The molecule has 5 nitrogen and oxygen atoms in total. The zero-order valence-electron chi connectivity index (χ0n) is 12.4. The minimum atomic E-state index is -4.80. The monoisotopic (exact) mass is 335 g/mol. The number of nitrogens with zero attached hydrogens (tertiary/aromatic N) is 1. The molecule has 2 aromatic heterocycles. The lowest BCUT2D eigenvalue weighted by Gasteiger charge is -2.13. The molecular formula is C16H12F3N3O2. The molecule has 24 heavy (non-hydrogen) atoms. The minimum Gasteiger partial charge on any atom is -0.405 e. The molecule has 1 amide bonds. The van der Waals surface area contributed by atoms with Gasteiger partial charge in [0.1, 0.15) is 17.1 Å². The molecule has 0 bridgehead atoms. The zero-order valence-corrected chi connectivity index (χ0v) is 12.4. The molecule has 0 spiro atoms. The number of benzene rings is 1. The molecule has 0 saturated heterocycles. The first-order chi connectivity index (χ1) is 11.3. The van der Waals surface area contributed by atoms with E-state index in [9.17, 15) is 18.0 Å². The first-order valence-electron chi connectivity index (χ1n) is 6.94. The van der Waals surface area contributed by atoms with E-state index in [0.29, 0.717) is 11.2 Å². The van der Waals surface area contributed by atoms with Gasteiger partial charge in [0.05, 0.1) is 0 Å². The number of hydrogen-bond acceptors (Lipinski definition) is 3. The minimum absolute atomic E-state index is 0.142. The number of amides is 1. The zero-order chi connectivity index (χ0) is 17.3. The van der Waals surface area contributed by atoms with E-state index in [1.165, 1.54) is 25.1 Å². The fraction of sp³-hybridized carbons (Fsp3) is 0.125. The molecule has 0 fully saturated rings. The average Bonchev–Trinajstić information content (AvgIpc) is 2.96. The van der Waals surface area contributed by atoms with Crippen LogP contribution in [-0.2, 0) is 0 Å². The van der Waals surface area contributed by atoms with E-state index < -0.39 is 12.3 Å². The van der Waals surface area contributed by atoms with Crippen LogP contribution in [0.25, 0.3) is 11.0 Å². The fourth-order valence-electron chi connectivity index (χ4n) is 2.16. The summed E-state index contributed by atoms with van der Waals surface area (Å²) in [5, 5.41) is 3.36. The van der Waals surface area contributed by atoms with Crippen molar-refractivity contribution < 1.29 is 22.7 Å². The van der Waals surface area contributed by atoms with Crippen molar-refractivity contribution in [3.63, 3.8) is 0 Å². The number of hydrogen-bond donors (Lipinski definition) is 2. The van der Waals surface area contributed by atoms with Gasteiger partial charge in [-0.2, -0.15) is 0 Å². The number of anilines is 1. The molecular weight excluding hydrogens is 323 g/mol. The SMILES string of the molecule is Cc1ccc(NC(=O)c2ccc3cc[nH]c3n2)cc1OC(F)(F)F. The molecule has 0 saturated carbocycles. The van der Waals surface area contributed by atoms with Gasteiger partial charge < -0.3 is 15.0 Å². The Labute approximate surface area is 134 Å². The van der Waals surface area contributed by atoms with Crippen LogP contribution in [0.1, 0.15) is 16.1 Å². The maximum absolute atomic E-state index is 12.4. The third-order valence-corrected chi connectivity index (χ3v) is 3.31. The van der Waals surface area contributed by atoms with Gasteiger partial charge in [0, 0.05) is 23.3 Å². The van der Waals surface area contributed by atoms with E-state index in [1.807, 2.05) is 6.07 Å². The van der Waals surface area contributed by atoms with Crippen LogP contribution >= 0.6 is 0 Å². The lowest BCUT2D eigenvalue weighted by atomic mass is 10.2. The fourth-order valence-corrected chi connectivity index (χ4v) is 2.16. The predicted molar refractivity (Wildman–Crippen MR) is 81.9 cm³/mol. The standard InChI is InChI=1S/C16H12F3N3O2/c1-9-2-4-11(8-13(9)24-16(17,18)19)21-15(23)12-5-3-10-6-7-20-14(10)22-12/h2-8H,1H3,(H,20,22)(H,21,23). The number of alkyl halides is 3. The van der Waals surface area contributed by atoms with Crippen molar-refractivity contribution in [2.24, 2.45) is 0 Å². The number of ether oxygens (including phenoxy) is 1. The third kappa shape index (κ3) is 3.48. The molecule has 2 N–H and O–H groups in total. The largest absolute Gasteiger partial charge is 0.573 e. The number of fused-ring (bicyclic) bond motifs is 1. The summed E-state index contributed by atoms with van der Waals surface area (Å²) in [7, 11) is 0. The molecule has 3 aromatic rings. The molecule has 0 radical (unpaired) electrons. The van der Waals surface area contributed by atoms with Crippen LogP contribution in [0.4, 0.5) is 18.9 Å². The highest BCUT2D eigenvalue weighted by molar-refractivity contribution is 6.04. The van der Waals surface area contributed by atoms with E-state index in [4.69, 9.17) is 0 Å². The third-order valence-electron chi connectivity index (χ3n) is 3.31. The number of nitrogens with one attached hydrogen (secondary N) is 2. The summed E-state index contributed by atoms with van der Waals surface area (Å²) in [4.78, 5) is 19.2. The van der Waals surface area contributed by atoms with Crippen molar-refractivity contribution in [1.29, 1.82) is 0 Å². The van der Waals surface area contributed by atoms with Crippen molar-refractivity contribution in [1.82, 2.24) is 9.97 Å². The van der Waals surface area contributed by atoms with Crippen LogP contribution in [0, 0.1) is 6.92 Å². The number of aromatic nitrogens is 2. The quantitative estimate of drug-likeness (QED) is 0.760. The molecule has 0 aliphatic rings. The van der Waals surface area contributed by atoms with Gasteiger partial charge >= 0.3 is 6.36 Å². The molecule has 0 unspecified atom stereocenters. The molecule has 3 rings (SSSR count). The van der Waals surface area contributed by atoms with E-state index in [2.05, 4.69) is 20.0 Å². The summed E-state index contributed by atoms with van der Waals surface area (Å²) in [5.74, 6) is -0.901. The highest BCUT2D eigenvalue weighted by atomic mass is 19.4. The van der Waals surface area contributed by atoms with Crippen molar-refractivity contribution in [3.05, 3.63) is 53.9 Å². The highest BCUT2D eigenvalue weighted by Crippen LogP contribution is 2.28. The van der Waals surface area contributed by atoms with Gasteiger partial charge in [-0.3, -0.25) is 4.79 Å². The van der Waals surface area contributed by atoms with Crippen molar-refractivity contribution in [2.75, 3.05) is 5.32 Å². The second-order valence-corrected chi connectivity index (χ2v) is 5.09. The lowest BCUT2D eigenvalue weighted by molar-refractivity contribution is -0.274. The number of aryl methyl sites for hydroxylation is 1. The summed E-state index contributed by atoms with van der Waals surface area (Å²) >= 11 is 0. The summed E-state index contributed by atoms with van der Waals surface area (Å²) in [6.07, 6.45) is -3.10. The summed E-state index contributed by atoms with van der Waals surface area (Å²) < 4.78 is 41.1. The Morgan fingerprint density at radius 1 is 1.21 bits per heavy atom. The van der Waals surface area contributed by atoms with Gasteiger partial charge in [-0.1, -0.05) is 6.07 Å². The van der Waals surface area contributed by atoms with Crippen LogP contribution in [0.3, 0.4) is 0 Å². The first kappa shape index (κ1) is 15.9. The predicted octanol–water partition coefficient (Wildman–Crippen LogP) is 4.02. The number of rotatable bonds is 3. The van der Waals surface area contributed by atoms with Gasteiger partial charge in [-0.25, -0.2) is 4.98 Å². The van der Waals surface area contributed by atoms with Crippen LogP contribution < -0.4 is 10.1 Å². The first-order valence-corrected chi connectivity index (χ1v) is 6.94. The second kappa shape index (κ2) is 5.88. The van der Waals surface area contributed by atoms with E-state index in [0.717, 1.165) is 11.5 Å². The molecule has 8 heteroatoms. The molecule has 2 heterocycles. The molecule has 0 atom stereocenters. The number of halogens is 3. The molecule has 1 aromatic carbocycles. The molecule has 124 valence electrons. The summed E-state index contributed by atoms with van der Waals surface area (Å²) in [6, 6.07) is 9.11. The number of carbonyl (C=O) groups is 1. The van der Waals surface area contributed by atoms with Crippen LogP contribution in [0.2, 0.25) is 0 Å². The van der Waals surface area contributed by atoms with Crippen molar-refractivity contribution in [2.45, 2.75) is 13.3 Å². The summed E-state index contributed by atoms with van der Waals surface area (Å²) in [6.45, 7) is 1.48. The van der Waals surface area contributed by atoms with Gasteiger partial charge in [0.25, 0.3) is 5.91 Å². The Hall–Kier alpha value is -3.03. The Morgan fingerprint density at radius 2 is 2.00 bits per heavy atom. The number of carbonyl (C=O) groups excluding carboxylic acids is 1. The van der Waals surface area contributed by atoms with Gasteiger partial charge in [-0.15, -0.1) is 13.2 Å². The van der Waals surface area contributed by atoms with Crippen molar-refractivity contribution >= 4 is 22.6 Å². The smallest absolute Gasteiger partial charge is 0.405 e. The normalized spacial score (nSPS) is 11.5. The lowest BCUT2D eigenvalue weighted by Crippen LogP contribution is -2.18. The number of pyridine rings is 1. The van der Waals surface area contributed by atoms with Gasteiger partial charge in [0.2, 0.25) is 0 Å². The topological polar surface area (TPSA) is 67.0 Å². The van der Waals surface area contributed by atoms with Gasteiger partial charge in [0.15, 0.2) is 0 Å². The Bertz CT molecular complexity index is 903. The van der Waals surface area contributed by atoms with Crippen LogP contribution in [0.15, 0.2) is 42.6 Å². The maximum Gasteiger partial charge on any atom is 0.573 e. The van der Waals surface area contributed by atoms with Gasteiger partial charge in [-0.05, 0) is 36.8 Å². The Balaban J connectivity index is 1.82. The number of H-pyrrole nitrogens is 1. The van der Waals surface area contributed by atoms with Crippen LogP contribution in [-0.4, -0.2) is 22.2 Å². The van der Waals surface area contributed by atoms with E-state index >= 15 is 0 Å². The molecule has 0 aliphatic heterocycles. The Morgan fingerprint density at radius 3 is 2.75 bits per heavy atom. The molecule has 0 aliphatic carbocycles. The van der Waals surface area contributed by atoms with Crippen molar-refractivity contribution in [3.8, 4) is 5.75 Å². The maximum atomic E-state index is 12.4. The Kier molecular flexibility index (Phi) is 3.88. The average molecular weight is 335 g/mol. The highest BCUT2D eigenvalue weighted by Gasteiger charge is 2.31. The van der Waals surface area contributed by atoms with Crippen LogP contribution in [0.5, 0.6) is 5.75 Å².